The molecule has 0 fully saturated rings. The third-order valence-corrected chi connectivity index (χ3v) is 3.73. The minimum absolute atomic E-state index is 0.169. The fourth-order valence-corrected chi connectivity index (χ4v) is 2.63. The predicted octanol–water partition coefficient (Wildman–Crippen LogP) is 3.22. The first-order chi connectivity index (χ1) is 8.56. The average molecular weight is 281 g/mol. The number of aryl methyl sites for hydroxylation is 1. The molecule has 1 heterocycles. The highest BCUT2D eigenvalue weighted by Gasteiger charge is 2.09. The van der Waals surface area contributed by atoms with Gasteiger partial charge < -0.3 is 11.1 Å². The molecule has 0 radical (unpaired) electrons. The lowest BCUT2D eigenvalue weighted by atomic mass is 10.1. The fourth-order valence-electron chi connectivity index (χ4n) is 1.60. The second kappa shape index (κ2) is 5.42. The van der Waals surface area contributed by atoms with Crippen LogP contribution >= 0.6 is 22.9 Å². The molecule has 1 aromatic carbocycles. The summed E-state index contributed by atoms with van der Waals surface area (Å²) in [5, 5.41) is 2.82. The molecule has 0 spiro atoms. The summed E-state index contributed by atoms with van der Waals surface area (Å²) in [7, 11) is 0. The van der Waals surface area contributed by atoms with Crippen LogP contribution in [0.2, 0.25) is 4.34 Å². The normalized spacial score (nSPS) is 10.3. The van der Waals surface area contributed by atoms with Gasteiger partial charge in [0.15, 0.2) is 0 Å². The monoisotopic (exact) mass is 280 g/mol. The number of anilines is 1. The number of thiophene rings is 1. The van der Waals surface area contributed by atoms with E-state index in [1.807, 2.05) is 25.1 Å². The Balaban J connectivity index is 2.03. The standard InChI is InChI=1S/C13H13ClN2OS/c1-8-2-4-10(11(15)6-8)13(17)16-7-9-3-5-12(14)18-9/h2-6H,7,15H2,1H3,(H,16,17). The van der Waals surface area contributed by atoms with Gasteiger partial charge in [-0.1, -0.05) is 17.7 Å². The van der Waals surface area contributed by atoms with Crippen LogP contribution in [0.25, 0.3) is 0 Å². The molecule has 0 atom stereocenters. The zero-order valence-electron chi connectivity index (χ0n) is 9.87. The Bertz CT molecular complexity index is 580. The Hall–Kier alpha value is -1.52. The molecule has 0 unspecified atom stereocenters. The number of nitrogen functional groups attached to an aromatic ring is 1. The van der Waals surface area contributed by atoms with Crippen LogP contribution in [0, 0.1) is 6.92 Å². The summed E-state index contributed by atoms with van der Waals surface area (Å²) < 4.78 is 0.717. The molecule has 3 N–H and O–H groups in total. The van der Waals surface area contributed by atoms with Crippen LogP contribution in [-0.4, -0.2) is 5.91 Å². The Morgan fingerprint density at radius 2 is 2.17 bits per heavy atom. The number of benzene rings is 1. The lowest BCUT2D eigenvalue weighted by Crippen LogP contribution is -2.23. The maximum atomic E-state index is 11.9. The van der Waals surface area contributed by atoms with Crippen LogP contribution in [0.5, 0.6) is 0 Å². The molecular formula is C13H13ClN2OS. The number of amides is 1. The number of halogens is 1. The van der Waals surface area contributed by atoms with Gasteiger partial charge in [0.2, 0.25) is 0 Å². The molecule has 1 amide bonds. The summed E-state index contributed by atoms with van der Waals surface area (Å²) >= 11 is 7.27. The van der Waals surface area contributed by atoms with E-state index in [2.05, 4.69) is 5.32 Å². The summed E-state index contributed by atoms with van der Waals surface area (Å²) in [5.41, 5.74) is 7.85. The molecule has 0 saturated heterocycles. The topological polar surface area (TPSA) is 55.1 Å². The first-order valence-electron chi connectivity index (χ1n) is 5.45. The first-order valence-corrected chi connectivity index (χ1v) is 6.64. The minimum Gasteiger partial charge on any atom is -0.398 e. The third kappa shape index (κ3) is 3.03. The Labute approximate surface area is 115 Å². The number of nitrogens with one attached hydrogen (secondary N) is 1. The smallest absolute Gasteiger partial charge is 0.253 e. The molecule has 0 aliphatic heterocycles. The van der Waals surface area contributed by atoms with E-state index in [1.165, 1.54) is 11.3 Å². The lowest BCUT2D eigenvalue weighted by Gasteiger charge is -2.07. The van der Waals surface area contributed by atoms with Crippen LogP contribution in [0.15, 0.2) is 30.3 Å². The molecule has 2 rings (SSSR count). The second-order valence-electron chi connectivity index (χ2n) is 3.98. The lowest BCUT2D eigenvalue weighted by molar-refractivity contribution is 0.0952. The maximum Gasteiger partial charge on any atom is 0.253 e. The summed E-state index contributed by atoms with van der Waals surface area (Å²) in [6, 6.07) is 9.10. The molecular weight excluding hydrogens is 268 g/mol. The minimum atomic E-state index is -0.169. The van der Waals surface area contributed by atoms with Crippen LogP contribution in [0.1, 0.15) is 20.8 Å². The predicted molar refractivity (Wildman–Crippen MR) is 76.1 cm³/mol. The van der Waals surface area contributed by atoms with E-state index < -0.39 is 0 Å². The average Bonchev–Trinajstić information content (AvgIpc) is 2.72. The maximum absolute atomic E-state index is 11.9. The molecule has 18 heavy (non-hydrogen) atoms. The van der Waals surface area contributed by atoms with Crippen LogP contribution < -0.4 is 11.1 Å². The van der Waals surface area contributed by atoms with Crippen molar-refractivity contribution < 1.29 is 4.79 Å². The molecule has 94 valence electrons. The van der Waals surface area contributed by atoms with E-state index in [4.69, 9.17) is 17.3 Å². The van der Waals surface area contributed by atoms with Gasteiger partial charge in [-0.3, -0.25) is 4.79 Å². The van der Waals surface area contributed by atoms with E-state index in [0.29, 0.717) is 22.1 Å². The zero-order chi connectivity index (χ0) is 13.1. The highest BCUT2D eigenvalue weighted by molar-refractivity contribution is 7.16. The van der Waals surface area contributed by atoms with E-state index >= 15 is 0 Å². The van der Waals surface area contributed by atoms with Crippen molar-refractivity contribution in [2.45, 2.75) is 13.5 Å². The Morgan fingerprint density at radius 3 is 2.78 bits per heavy atom. The molecule has 0 aliphatic carbocycles. The van der Waals surface area contributed by atoms with Crippen molar-refractivity contribution in [3.63, 3.8) is 0 Å². The highest BCUT2D eigenvalue weighted by atomic mass is 35.5. The number of rotatable bonds is 3. The van der Waals surface area contributed by atoms with E-state index in [9.17, 15) is 4.79 Å². The van der Waals surface area contributed by atoms with Gasteiger partial charge in [0.05, 0.1) is 16.4 Å². The number of carbonyl (C=O) groups is 1. The highest BCUT2D eigenvalue weighted by Crippen LogP contribution is 2.21. The van der Waals surface area contributed by atoms with Crippen molar-refractivity contribution in [3.8, 4) is 0 Å². The summed E-state index contributed by atoms with van der Waals surface area (Å²) in [4.78, 5) is 13.0. The third-order valence-electron chi connectivity index (χ3n) is 2.50. The van der Waals surface area contributed by atoms with Crippen molar-refractivity contribution in [1.29, 1.82) is 0 Å². The molecule has 0 aliphatic rings. The van der Waals surface area contributed by atoms with Crippen molar-refractivity contribution in [3.05, 3.63) is 50.7 Å². The molecule has 1 aromatic heterocycles. The molecule has 0 bridgehead atoms. The van der Waals surface area contributed by atoms with E-state index in [-0.39, 0.29) is 5.91 Å². The Kier molecular flexibility index (Phi) is 3.89. The molecule has 3 nitrogen and oxygen atoms in total. The van der Waals surface area contributed by atoms with Gasteiger partial charge in [-0.15, -0.1) is 11.3 Å². The van der Waals surface area contributed by atoms with Gasteiger partial charge in [-0.05, 0) is 36.8 Å². The van der Waals surface area contributed by atoms with Crippen LogP contribution in [0.4, 0.5) is 5.69 Å². The Morgan fingerprint density at radius 1 is 1.39 bits per heavy atom. The number of hydrogen-bond donors (Lipinski definition) is 2. The fraction of sp³-hybridized carbons (Fsp3) is 0.154. The van der Waals surface area contributed by atoms with Crippen molar-refractivity contribution in [1.82, 2.24) is 5.32 Å². The molecule has 0 saturated carbocycles. The van der Waals surface area contributed by atoms with Crippen LogP contribution in [0.3, 0.4) is 0 Å². The van der Waals surface area contributed by atoms with E-state index in [0.717, 1.165) is 10.4 Å². The van der Waals surface area contributed by atoms with Crippen molar-refractivity contribution >= 4 is 34.5 Å². The van der Waals surface area contributed by atoms with Gasteiger partial charge in [0, 0.05) is 10.6 Å². The quantitative estimate of drug-likeness (QED) is 0.848. The number of hydrogen-bond acceptors (Lipinski definition) is 3. The SMILES string of the molecule is Cc1ccc(C(=O)NCc2ccc(Cl)s2)c(N)c1. The van der Waals surface area contributed by atoms with Gasteiger partial charge in [0.25, 0.3) is 5.91 Å². The van der Waals surface area contributed by atoms with Gasteiger partial charge in [-0.2, -0.15) is 0 Å². The zero-order valence-corrected chi connectivity index (χ0v) is 11.4. The van der Waals surface area contributed by atoms with Crippen molar-refractivity contribution in [2.24, 2.45) is 0 Å². The van der Waals surface area contributed by atoms with Gasteiger partial charge in [0.1, 0.15) is 0 Å². The summed E-state index contributed by atoms with van der Waals surface area (Å²) in [6.45, 7) is 2.40. The second-order valence-corrected chi connectivity index (χ2v) is 5.78. The first kappa shape index (κ1) is 12.9. The largest absolute Gasteiger partial charge is 0.398 e. The molecule has 2 aromatic rings. The van der Waals surface area contributed by atoms with Crippen LogP contribution in [-0.2, 0) is 6.54 Å². The number of carbonyl (C=O) groups excluding carboxylic acids is 1. The number of nitrogens with two attached hydrogens (primary N) is 1. The van der Waals surface area contributed by atoms with Gasteiger partial charge in [-0.25, -0.2) is 0 Å². The van der Waals surface area contributed by atoms with Gasteiger partial charge >= 0.3 is 0 Å². The van der Waals surface area contributed by atoms with Crippen molar-refractivity contribution in [2.75, 3.05) is 5.73 Å². The van der Waals surface area contributed by atoms with E-state index in [1.54, 1.807) is 12.1 Å². The summed E-state index contributed by atoms with van der Waals surface area (Å²) in [5.74, 6) is -0.169. The summed E-state index contributed by atoms with van der Waals surface area (Å²) in [6.07, 6.45) is 0. The molecule has 5 heteroatoms.